The molecule has 23 heavy (non-hydrogen) atoms. The van der Waals surface area contributed by atoms with Gasteiger partial charge < -0.3 is 24.6 Å². The summed E-state index contributed by atoms with van der Waals surface area (Å²) in [6.45, 7) is 0.931. The highest BCUT2D eigenvalue weighted by Gasteiger charge is 2.65. The van der Waals surface area contributed by atoms with E-state index in [-0.39, 0.29) is 17.4 Å². The number of rotatable bonds is 2. The molecule has 5 heteroatoms. The Hall–Kier alpha value is -1.72. The van der Waals surface area contributed by atoms with Crippen molar-refractivity contribution < 1.29 is 19.3 Å². The number of piperidine rings is 1. The molecule has 1 spiro atoms. The monoisotopic (exact) mass is 315 g/mol. The molecule has 2 N–H and O–H groups in total. The first-order chi connectivity index (χ1) is 11.2. The van der Waals surface area contributed by atoms with Crippen LogP contribution in [0.5, 0.6) is 11.5 Å². The third-order valence-corrected chi connectivity index (χ3v) is 6.18. The first-order valence-corrected chi connectivity index (χ1v) is 8.25. The first kappa shape index (κ1) is 13.7. The second-order valence-corrected chi connectivity index (χ2v) is 6.97. The van der Waals surface area contributed by atoms with Gasteiger partial charge in [-0.15, -0.1) is 0 Å². The van der Waals surface area contributed by atoms with Crippen molar-refractivity contribution in [3.63, 3.8) is 0 Å². The third-order valence-electron chi connectivity index (χ3n) is 6.18. The zero-order valence-electron chi connectivity index (χ0n) is 13.3. The van der Waals surface area contributed by atoms with Crippen molar-refractivity contribution in [2.75, 3.05) is 20.8 Å². The van der Waals surface area contributed by atoms with E-state index in [0.29, 0.717) is 6.04 Å². The number of aliphatic hydroxyl groups excluding tert-OH is 1. The number of hydrogen-bond acceptors (Lipinski definition) is 5. The Morgan fingerprint density at radius 1 is 1.30 bits per heavy atom. The predicted octanol–water partition coefficient (Wildman–Crippen LogP) is 1.13. The molecule has 0 aromatic heterocycles. The maximum absolute atomic E-state index is 10.7. The molecule has 5 atom stereocenters. The van der Waals surface area contributed by atoms with Gasteiger partial charge in [-0.25, -0.2) is 0 Å². The lowest BCUT2D eigenvalue weighted by atomic mass is 9.53. The summed E-state index contributed by atoms with van der Waals surface area (Å²) >= 11 is 0. The van der Waals surface area contributed by atoms with Gasteiger partial charge >= 0.3 is 0 Å². The minimum absolute atomic E-state index is 0.204. The van der Waals surface area contributed by atoms with E-state index in [9.17, 15) is 5.11 Å². The largest absolute Gasteiger partial charge is 0.501 e. The van der Waals surface area contributed by atoms with Gasteiger partial charge in [-0.05, 0) is 37.1 Å². The first-order valence-electron chi connectivity index (χ1n) is 8.25. The fourth-order valence-electron chi connectivity index (χ4n) is 5.44. The maximum atomic E-state index is 10.7. The van der Waals surface area contributed by atoms with Crippen molar-refractivity contribution in [3.8, 4) is 11.5 Å². The van der Waals surface area contributed by atoms with E-state index < -0.39 is 6.10 Å². The minimum Gasteiger partial charge on any atom is -0.501 e. The molecule has 2 heterocycles. The molecule has 2 aliphatic carbocycles. The number of ether oxygens (including phenoxy) is 3. The van der Waals surface area contributed by atoms with Crippen LogP contribution in [0.2, 0.25) is 0 Å². The van der Waals surface area contributed by atoms with E-state index in [0.717, 1.165) is 36.6 Å². The SMILES string of the molecule is COC1=C[C@H](O)[C@@H]2Oc3c(OC)ccc4c3[C@@]23CCN[C@H](C4)C13. The topological polar surface area (TPSA) is 60.0 Å². The second kappa shape index (κ2) is 4.42. The molecule has 5 rings (SSSR count). The Labute approximate surface area is 135 Å². The molecule has 1 fully saturated rings. The molecule has 2 aliphatic heterocycles. The van der Waals surface area contributed by atoms with Crippen molar-refractivity contribution in [1.82, 2.24) is 5.32 Å². The molecular formula is C18H21NO4. The molecule has 1 unspecified atom stereocenters. The van der Waals surface area contributed by atoms with Crippen LogP contribution >= 0.6 is 0 Å². The Balaban J connectivity index is 1.82. The third kappa shape index (κ3) is 1.45. The molecule has 0 radical (unpaired) electrons. The molecule has 1 aromatic rings. The van der Waals surface area contributed by atoms with Crippen molar-refractivity contribution >= 4 is 0 Å². The van der Waals surface area contributed by atoms with E-state index in [4.69, 9.17) is 14.2 Å². The number of aliphatic hydroxyl groups is 1. The lowest BCUT2D eigenvalue weighted by Gasteiger charge is -2.55. The summed E-state index contributed by atoms with van der Waals surface area (Å²) in [7, 11) is 3.37. The number of nitrogens with one attached hydrogen (secondary N) is 1. The molecule has 0 amide bonds. The van der Waals surface area contributed by atoms with Crippen LogP contribution in [-0.2, 0) is 16.6 Å². The molecule has 2 bridgehead atoms. The normalized spacial score (nSPS) is 39.2. The lowest BCUT2D eigenvalue weighted by Crippen LogP contribution is -2.66. The summed E-state index contributed by atoms with van der Waals surface area (Å²) in [5.41, 5.74) is 2.33. The average Bonchev–Trinajstić information content (AvgIpc) is 2.90. The fraction of sp³-hybridized carbons (Fsp3) is 0.556. The van der Waals surface area contributed by atoms with Crippen LogP contribution in [0.3, 0.4) is 0 Å². The Morgan fingerprint density at radius 3 is 2.96 bits per heavy atom. The van der Waals surface area contributed by atoms with Crippen molar-refractivity contribution in [2.45, 2.75) is 36.5 Å². The maximum Gasteiger partial charge on any atom is 0.165 e. The van der Waals surface area contributed by atoms with Crippen molar-refractivity contribution in [2.24, 2.45) is 5.92 Å². The van der Waals surface area contributed by atoms with Gasteiger partial charge in [0.05, 0.1) is 25.4 Å². The summed E-state index contributed by atoms with van der Waals surface area (Å²) in [5.74, 6) is 2.67. The fourth-order valence-corrected chi connectivity index (χ4v) is 5.44. The van der Waals surface area contributed by atoms with Crippen LogP contribution < -0.4 is 14.8 Å². The quantitative estimate of drug-likeness (QED) is 0.857. The van der Waals surface area contributed by atoms with Crippen molar-refractivity contribution in [3.05, 3.63) is 35.1 Å². The van der Waals surface area contributed by atoms with Crippen LogP contribution in [0.1, 0.15) is 17.5 Å². The molecular weight excluding hydrogens is 294 g/mol. The summed E-state index contributed by atoms with van der Waals surface area (Å²) in [6, 6.07) is 4.45. The average molecular weight is 315 g/mol. The molecule has 5 nitrogen and oxygen atoms in total. The van der Waals surface area contributed by atoms with E-state index >= 15 is 0 Å². The van der Waals surface area contributed by atoms with Gasteiger partial charge in [-0.1, -0.05) is 6.07 Å². The summed E-state index contributed by atoms with van der Waals surface area (Å²) < 4.78 is 17.5. The highest BCUT2D eigenvalue weighted by molar-refractivity contribution is 5.62. The van der Waals surface area contributed by atoms with Gasteiger partial charge in [0.25, 0.3) is 0 Å². The van der Waals surface area contributed by atoms with E-state index in [1.807, 2.05) is 12.1 Å². The van der Waals surface area contributed by atoms with E-state index in [2.05, 4.69) is 11.4 Å². The van der Waals surface area contributed by atoms with Gasteiger partial charge in [0.1, 0.15) is 12.2 Å². The zero-order valence-corrected chi connectivity index (χ0v) is 13.3. The Bertz CT molecular complexity index is 715. The van der Waals surface area contributed by atoms with Crippen LogP contribution in [0.15, 0.2) is 24.0 Å². The van der Waals surface area contributed by atoms with E-state index in [1.165, 1.54) is 11.1 Å². The molecule has 122 valence electrons. The highest BCUT2D eigenvalue weighted by Crippen LogP contribution is 2.62. The van der Waals surface area contributed by atoms with Crippen LogP contribution in [0.4, 0.5) is 0 Å². The predicted molar refractivity (Wildman–Crippen MR) is 83.8 cm³/mol. The van der Waals surface area contributed by atoms with Crippen molar-refractivity contribution in [1.29, 1.82) is 0 Å². The number of hydrogen-bond donors (Lipinski definition) is 2. The van der Waals surface area contributed by atoms with Gasteiger partial charge in [0.2, 0.25) is 0 Å². The Morgan fingerprint density at radius 2 is 2.17 bits per heavy atom. The number of methoxy groups -OCH3 is 2. The smallest absolute Gasteiger partial charge is 0.165 e. The summed E-state index contributed by atoms with van der Waals surface area (Å²) in [5, 5.41) is 14.4. The van der Waals surface area contributed by atoms with Gasteiger partial charge in [-0.3, -0.25) is 0 Å². The van der Waals surface area contributed by atoms with Crippen LogP contribution in [0, 0.1) is 5.92 Å². The molecule has 1 saturated heterocycles. The summed E-state index contributed by atoms with van der Waals surface area (Å²) in [6.07, 6.45) is 2.79. The Kier molecular flexibility index (Phi) is 2.63. The lowest BCUT2D eigenvalue weighted by molar-refractivity contribution is -0.0403. The molecule has 1 aromatic carbocycles. The van der Waals surface area contributed by atoms with Crippen LogP contribution in [-0.4, -0.2) is 44.1 Å². The van der Waals surface area contributed by atoms with Crippen LogP contribution in [0.25, 0.3) is 0 Å². The highest BCUT2D eigenvalue weighted by atomic mass is 16.5. The van der Waals surface area contributed by atoms with E-state index in [1.54, 1.807) is 14.2 Å². The standard InChI is InChI=1S/C18H21NO4/c1-21-12-4-3-9-7-10-15-13(22-2)8-11(20)17-18(15,5-6-19-10)14(9)16(12)23-17/h3-4,8,10-11,15,17,19-20H,5-7H2,1-2H3/t10-,11+,15?,17+,18-/m1/s1. The second-order valence-electron chi connectivity index (χ2n) is 6.97. The minimum atomic E-state index is -0.664. The molecule has 0 saturated carbocycles. The van der Waals surface area contributed by atoms with Gasteiger partial charge in [0, 0.05) is 17.5 Å². The summed E-state index contributed by atoms with van der Waals surface area (Å²) in [4.78, 5) is 0. The van der Waals surface area contributed by atoms with Gasteiger partial charge in [0.15, 0.2) is 11.5 Å². The van der Waals surface area contributed by atoms with Gasteiger partial charge in [-0.2, -0.15) is 0 Å². The number of benzene rings is 1. The molecule has 4 aliphatic rings. The zero-order chi connectivity index (χ0) is 15.8.